The van der Waals surface area contributed by atoms with Crippen LogP contribution < -0.4 is 10.9 Å². The quantitative estimate of drug-likeness (QED) is 0.263. The Bertz CT molecular complexity index is 231. The zero-order valence-corrected chi connectivity index (χ0v) is 10.7. The minimum atomic E-state index is 0.0189. The van der Waals surface area contributed by atoms with Gasteiger partial charge in [0.1, 0.15) is 0 Å². The summed E-state index contributed by atoms with van der Waals surface area (Å²) in [6.45, 7) is 1.35. The van der Waals surface area contributed by atoms with E-state index in [1.54, 1.807) is 0 Å². The van der Waals surface area contributed by atoms with E-state index in [1.165, 1.54) is 7.05 Å². The van der Waals surface area contributed by atoms with E-state index in [1.807, 2.05) is 7.05 Å². The standard InChI is InChI=1S/C8H21N7O3/c1-9-7-5-3-4-6-8-14(11-16)10-13(2)15(18)12-17/h9-10,18H,3-8H2,1-2H3. The maximum absolute atomic E-state index is 10.5. The van der Waals surface area contributed by atoms with Crippen molar-refractivity contribution >= 4 is 0 Å². The molecule has 18 heavy (non-hydrogen) atoms. The predicted octanol–water partition coefficient (Wildman–Crippen LogP) is 0.389. The van der Waals surface area contributed by atoms with Crippen LogP contribution in [0.5, 0.6) is 0 Å². The van der Waals surface area contributed by atoms with Crippen molar-refractivity contribution < 1.29 is 5.21 Å². The zero-order chi connectivity index (χ0) is 13.8. The van der Waals surface area contributed by atoms with Crippen molar-refractivity contribution in [3.05, 3.63) is 9.81 Å². The SMILES string of the molecule is CNCCCCCCN(N=O)NN(C)N(O)N=O. The molecule has 0 radical (unpaired) electrons. The number of hydrogen-bond acceptors (Lipinski definition) is 8. The van der Waals surface area contributed by atoms with Gasteiger partial charge in [0.2, 0.25) is 0 Å². The largest absolute Gasteiger partial charge is 0.320 e. The average Bonchev–Trinajstić information content (AvgIpc) is 2.39. The first-order valence-corrected chi connectivity index (χ1v) is 5.73. The van der Waals surface area contributed by atoms with Gasteiger partial charge < -0.3 is 5.32 Å². The summed E-state index contributed by atoms with van der Waals surface area (Å²) >= 11 is 0. The highest BCUT2D eigenvalue weighted by Gasteiger charge is 2.10. The highest BCUT2D eigenvalue weighted by Crippen LogP contribution is 2.01. The third-order valence-electron chi connectivity index (χ3n) is 2.25. The smallest absolute Gasteiger partial charge is 0.0975 e. The fraction of sp³-hybridized carbons (Fsp3) is 1.00. The molecule has 0 aliphatic rings. The lowest BCUT2D eigenvalue weighted by Gasteiger charge is -2.25. The lowest BCUT2D eigenvalue weighted by Crippen LogP contribution is -2.51. The number of hydrazine groups is 3. The third kappa shape index (κ3) is 7.84. The summed E-state index contributed by atoms with van der Waals surface area (Å²) in [5.74, 6) is 0. The topological polar surface area (TPSA) is 113 Å². The minimum absolute atomic E-state index is 0.0189. The highest BCUT2D eigenvalue weighted by atomic mass is 16.6. The molecule has 0 saturated carbocycles. The fourth-order valence-corrected chi connectivity index (χ4v) is 1.29. The summed E-state index contributed by atoms with van der Waals surface area (Å²) in [5, 5.41) is 18.7. The van der Waals surface area contributed by atoms with E-state index < -0.39 is 0 Å². The van der Waals surface area contributed by atoms with Gasteiger partial charge in [-0.1, -0.05) is 18.0 Å². The lowest BCUT2D eigenvalue weighted by atomic mass is 10.2. The number of nitrogens with one attached hydrogen (secondary N) is 2. The maximum Gasteiger partial charge on any atom is 0.0975 e. The molecule has 106 valence electrons. The summed E-state index contributed by atoms with van der Waals surface area (Å²) < 4.78 is 0. The number of hydrogen-bond donors (Lipinski definition) is 3. The van der Waals surface area contributed by atoms with Crippen LogP contribution in [-0.4, -0.2) is 47.9 Å². The molecule has 0 unspecified atom stereocenters. The van der Waals surface area contributed by atoms with E-state index in [0.29, 0.717) is 6.54 Å². The van der Waals surface area contributed by atoms with Gasteiger partial charge in [-0.15, -0.1) is 15.3 Å². The Morgan fingerprint density at radius 1 is 1.11 bits per heavy atom. The fourth-order valence-electron chi connectivity index (χ4n) is 1.29. The summed E-state index contributed by atoms with van der Waals surface area (Å²) in [5.41, 5.74) is 2.38. The van der Waals surface area contributed by atoms with Crippen molar-refractivity contribution in [3.63, 3.8) is 0 Å². The van der Waals surface area contributed by atoms with E-state index >= 15 is 0 Å². The van der Waals surface area contributed by atoms with Gasteiger partial charge in [0, 0.05) is 7.05 Å². The van der Waals surface area contributed by atoms with Crippen molar-refractivity contribution in [3.8, 4) is 0 Å². The van der Waals surface area contributed by atoms with E-state index in [9.17, 15) is 9.81 Å². The van der Waals surface area contributed by atoms with Gasteiger partial charge in [-0.2, -0.15) is 5.12 Å². The van der Waals surface area contributed by atoms with Crippen LogP contribution in [0.3, 0.4) is 0 Å². The second-order valence-electron chi connectivity index (χ2n) is 3.70. The Morgan fingerprint density at radius 3 is 2.33 bits per heavy atom. The predicted molar refractivity (Wildman–Crippen MR) is 65.2 cm³/mol. The average molecular weight is 263 g/mol. The molecule has 0 spiro atoms. The van der Waals surface area contributed by atoms with Crippen LogP contribution in [0, 0.1) is 9.81 Å². The second kappa shape index (κ2) is 10.8. The molecule has 10 nitrogen and oxygen atoms in total. The van der Waals surface area contributed by atoms with Gasteiger partial charge in [-0.3, -0.25) is 5.21 Å². The lowest BCUT2D eigenvalue weighted by molar-refractivity contribution is -0.281. The van der Waals surface area contributed by atoms with Crippen molar-refractivity contribution in [2.75, 3.05) is 27.2 Å². The Morgan fingerprint density at radius 2 is 1.78 bits per heavy atom. The van der Waals surface area contributed by atoms with Crippen molar-refractivity contribution in [2.24, 2.45) is 10.6 Å². The molecule has 3 N–H and O–H groups in total. The number of nitroso groups, excluding NO2 is 2. The van der Waals surface area contributed by atoms with Crippen LogP contribution in [0.15, 0.2) is 10.6 Å². The van der Waals surface area contributed by atoms with Gasteiger partial charge in [0.05, 0.1) is 17.1 Å². The molecular formula is C8H21N7O3. The first-order valence-electron chi connectivity index (χ1n) is 5.73. The molecule has 0 fully saturated rings. The maximum atomic E-state index is 10.5. The Balaban J connectivity index is 3.70. The Hall–Kier alpha value is -1.36. The molecule has 0 amide bonds. The molecular weight excluding hydrogens is 242 g/mol. The monoisotopic (exact) mass is 263 g/mol. The van der Waals surface area contributed by atoms with E-state index in [2.05, 4.69) is 21.4 Å². The van der Waals surface area contributed by atoms with E-state index in [0.717, 1.165) is 42.5 Å². The molecule has 0 aliphatic heterocycles. The highest BCUT2D eigenvalue weighted by molar-refractivity contribution is 4.48. The van der Waals surface area contributed by atoms with Crippen LogP contribution >= 0.6 is 0 Å². The summed E-state index contributed by atoms with van der Waals surface area (Å²) in [7, 11) is 3.21. The summed E-state index contributed by atoms with van der Waals surface area (Å²) in [6, 6.07) is 0. The number of rotatable bonds is 12. The van der Waals surface area contributed by atoms with Crippen LogP contribution in [0.1, 0.15) is 25.7 Å². The van der Waals surface area contributed by atoms with Gasteiger partial charge in [-0.05, 0) is 31.7 Å². The molecule has 0 aromatic carbocycles. The third-order valence-corrected chi connectivity index (χ3v) is 2.25. The molecule has 0 saturated heterocycles. The number of unbranched alkanes of at least 4 members (excludes halogenated alkanes) is 3. The van der Waals surface area contributed by atoms with Crippen molar-refractivity contribution in [2.45, 2.75) is 25.7 Å². The van der Waals surface area contributed by atoms with Crippen LogP contribution in [-0.2, 0) is 0 Å². The molecule has 10 heteroatoms. The van der Waals surface area contributed by atoms with Gasteiger partial charge in [0.25, 0.3) is 0 Å². The number of nitrogens with zero attached hydrogens (tertiary/aromatic N) is 5. The second-order valence-corrected chi connectivity index (χ2v) is 3.70. The first kappa shape index (κ1) is 16.6. The van der Waals surface area contributed by atoms with E-state index in [-0.39, 0.29) is 5.28 Å². The molecule has 0 aromatic heterocycles. The van der Waals surface area contributed by atoms with E-state index in [4.69, 9.17) is 5.21 Å². The first-order chi connectivity index (χ1) is 8.65. The van der Waals surface area contributed by atoms with Crippen LogP contribution in [0.2, 0.25) is 0 Å². The Kier molecular flexibility index (Phi) is 9.96. The van der Waals surface area contributed by atoms with Gasteiger partial charge in [-0.25, -0.2) is 0 Å². The van der Waals surface area contributed by atoms with Gasteiger partial charge >= 0.3 is 0 Å². The van der Waals surface area contributed by atoms with Crippen molar-refractivity contribution in [1.29, 1.82) is 0 Å². The molecule has 0 bridgehead atoms. The molecule has 0 aliphatic carbocycles. The summed E-state index contributed by atoms with van der Waals surface area (Å²) in [4.78, 5) is 20.5. The van der Waals surface area contributed by atoms with Gasteiger partial charge in [0.15, 0.2) is 0 Å². The van der Waals surface area contributed by atoms with Crippen molar-refractivity contribution in [1.82, 2.24) is 26.4 Å². The molecule has 0 heterocycles. The molecule has 0 atom stereocenters. The summed E-state index contributed by atoms with van der Waals surface area (Å²) in [6.07, 6.45) is 3.88. The molecule has 0 aromatic rings. The molecule has 0 rings (SSSR count). The minimum Gasteiger partial charge on any atom is -0.320 e. The Labute approximate surface area is 106 Å². The zero-order valence-electron chi connectivity index (χ0n) is 10.7. The van der Waals surface area contributed by atoms with Crippen LogP contribution in [0.25, 0.3) is 0 Å². The normalized spacial score (nSPS) is 10.4. The van der Waals surface area contributed by atoms with Crippen LogP contribution in [0.4, 0.5) is 0 Å².